The molecular formula is C40H80ClN9O7. The van der Waals surface area contributed by atoms with Gasteiger partial charge in [0.15, 0.2) is 0 Å². The number of hydrogen-bond acceptors (Lipinski definition) is 11. The van der Waals surface area contributed by atoms with Gasteiger partial charge in [0.25, 0.3) is 0 Å². The van der Waals surface area contributed by atoms with E-state index in [4.69, 9.17) is 21.1 Å². The minimum absolute atomic E-state index is 0.0302. The van der Waals surface area contributed by atoms with Crippen molar-refractivity contribution in [2.75, 3.05) is 77.9 Å². The van der Waals surface area contributed by atoms with Gasteiger partial charge in [0.2, 0.25) is 17.7 Å². The van der Waals surface area contributed by atoms with Crippen molar-refractivity contribution in [1.29, 1.82) is 0 Å². The van der Waals surface area contributed by atoms with E-state index in [0.717, 1.165) is 39.3 Å². The van der Waals surface area contributed by atoms with Crippen molar-refractivity contribution in [1.82, 2.24) is 46.2 Å². The first-order valence-corrected chi connectivity index (χ1v) is 21.1. The van der Waals surface area contributed by atoms with Gasteiger partial charge in [-0.05, 0) is 104 Å². The van der Waals surface area contributed by atoms with Gasteiger partial charge in [-0.2, -0.15) is 0 Å². The second kappa shape index (κ2) is 27.0. The minimum Gasteiger partial charge on any atom is -0.444 e. The van der Waals surface area contributed by atoms with Crippen LogP contribution in [0.1, 0.15) is 104 Å². The Morgan fingerprint density at radius 3 is 1.44 bits per heavy atom. The van der Waals surface area contributed by atoms with Gasteiger partial charge >= 0.3 is 12.2 Å². The van der Waals surface area contributed by atoms with E-state index in [1.165, 1.54) is 0 Å². The number of carbonyl (C=O) groups excluding carboxylic acids is 5. The summed E-state index contributed by atoms with van der Waals surface area (Å²) in [7, 11) is 0. The van der Waals surface area contributed by atoms with Crippen molar-refractivity contribution in [2.24, 2.45) is 0 Å². The van der Waals surface area contributed by atoms with Crippen LogP contribution in [0.2, 0.25) is 0 Å². The van der Waals surface area contributed by atoms with Crippen LogP contribution in [0.4, 0.5) is 9.59 Å². The zero-order chi connectivity index (χ0) is 44.1. The minimum atomic E-state index is -0.478. The predicted octanol–water partition coefficient (Wildman–Crippen LogP) is 3.22. The molecule has 5 amide bonds. The van der Waals surface area contributed by atoms with Crippen LogP contribution in [0.15, 0.2) is 0 Å². The first kappa shape index (κ1) is 54.1. The molecule has 5 N–H and O–H groups in total. The van der Waals surface area contributed by atoms with E-state index in [1.807, 2.05) is 90.0 Å². The summed E-state index contributed by atoms with van der Waals surface area (Å²) in [6.45, 7) is 37.1. The van der Waals surface area contributed by atoms with Gasteiger partial charge in [0, 0.05) is 95.2 Å². The SMILES string of the molecule is CC(C)NC(=O)CCl.CC(C)NC(=O)CN1CCN(C(=O)OC(C)(C)C)C[C@H]1C.CC(C)NC(=O)CN1CCNC[C@H]1C.C[C@@H]1CN(C(=O)OC(C)(C)C)CCN1. The Hall–Kier alpha value is -2.92. The molecule has 0 radical (unpaired) electrons. The molecule has 0 unspecified atom stereocenters. The van der Waals surface area contributed by atoms with E-state index in [0.29, 0.717) is 44.8 Å². The number of carbonyl (C=O) groups is 5. The average molecular weight is 835 g/mol. The molecule has 57 heavy (non-hydrogen) atoms. The molecule has 3 atom stereocenters. The van der Waals surface area contributed by atoms with Crippen LogP contribution in [0.5, 0.6) is 0 Å². The maximum Gasteiger partial charge on any atom is 0.410 e. The number of rotatable bonds is 8. The van der Waals surface area contributed by atoms with Gasteiger partial charge in [-0.25, -0.2) is 9.59 Å². The molecule has 16 nitrogen and oxygen atoms in total. The molecule has 0 aromatic rings. The smallest absolute Gasteiger partial charge is 0.410 e. The molecule has 3 fully saturated rings. The Morgan fingerprint density at radius 2 is 1.07 bits per heavy atom. The third-order valence-corrected chi connectivity index (χ3v) is 8.48. The van der Waals surface area contributed by atoms with Crippen LogP contribution in [0.25, 0.3) is 0 Å². The molecule has 0 aromatic heterocycles. The van der Waals surface area contributed by atoms with Crippen molar-refractivity contribution in [3.63, 3.8) is 0 Å². The normalized spacial score (nSPS) is 20.5. The Morgan fingerprint density at radius 1 is 0.632 bits per heavy atom. The fourth-order valence-electron chi connectivity index (χ4n) is 5.73. The van der Waals surface area contributed by atoms with E-state index in [9.17, 15) is 24.0 Å². The van der Waals surface area contributed by atoms with Crippen molar-refractivity contribution in [2.45, 2.75) is 151 Å². The topological polar surface area (TPSA) is 177 Å². The Balaban J connectivity index is 0.000000771. The summed E-state index contributed by atoms with van der Waals surface area (Å²) in [5.74, 6) is 0.107. The highest BCUT2D eigenvalue weighted by atomic mass is 35.5. The molecule has 3 aliphatic heterocycles. The fourth-order valence-corrected chi connectivity index (χ4v) is 5.81. The van der Waals surface area contributed by atoms with Crippen molar-refractivity contribution >= 4 is 41.5 Å². The highest BCUT2D eigenvalue weighted by molar-refractivity contribution is 6.27. The Labute approximate surface area is 349 Å². The molecule has 0 aromatic carbocycles. The summed E-state index contributed by atoms with van der Waals surface area (Å²) in [5, 5.41) is 15.0. The number of halogens is 1. The summed E-state index contributed by atoms with van der Waals surface area (Å²) in [4.78, 5) is 65.1. The van der Waals surface area contributed by atoms with E-state index < -0.39 is 11.2 Å². The Bertz CT molecular complexity index is 1210. The van der Waals surface area contributed by atoms with E-state index in [1.54, 1.807) is 9.80 Å². The third kappa shape index (κ3) is 27.4. The third-order valence-electron chi connectivity index (χ3n) is 8.24. The molecule has 3 heterocycles. The fraction of sp³-hybridized carbons (Fsp3) is 0.875. The number of ether oxygens (including phenoxy) is 2. The maximum atomic E-state index is 12.0. The van der Waals surface area contributed by atoms with Crippen LogP contribution in [-0.2, 0) is 23.9 Å². The molecule has 0 aliphatic carbocycles. The van der Waals surface area contributed by atoms with Crippen molar-refractivity contribution in [3.05, 3.63) is 0 Å². The molecule has 0 saturated carbocycles. The Kier molecular flexibility index (Phi) is 25.6. The van der Waals surface area contributed by atoms with Gasteiger partial charge in [-0.15, -0.1) is 11.6 Å². The number of amides is 5. The quantitative estimate of drug-likeness (QED) is 0.227. The van der Waals surface area contributed by atoms with Gasteiger partial charge in [0.05, 0.1) is 13.1 Å². The highest BCUT2D eigenvalue weighted by Crippen LogP contribution is 2.15. The number of piperazine rings is 3. The summed E-state index contributed by atoms with van der Waals surface area (Å²) in [6.07, 6.45) is -0.480. The monoisotopic (exact) mass is 834 g/mol. The molecule has 3 aliphatic rings. The first-order valence-electron chi connectivity index (χ1n) is 20.5. The van der Waals surface area contributed by atoms with E-state index in [2.05, 4.69) is 50.2 Å². The molecule has 3 saturated heterocycles. The second-order valence-corrected chi connectivity index (χ2v) is 18.1. The number of nitrogens with one attached hydrogen (secondary N) is 5. The summed E-state index contributed by atoms with van der Waals surface area (Å²) in [6, 6.07) is 1.54. The molecule has 0 bridgehead atoms. The lowest BCUT2D eigenvalue weighted by Crippen LogP contribution is -2.56. The average Bonchev–Trinajstić information content (AvgIpc) is 3.05. The van der Waals surface area contributed by atoms with Crippen LogP contribution in [0.3, 0.4) is 0 Å². The molecule has 17 heteroatoms. The zero-order valence-electron chi connectivity index (χ0n) is 38.0. The lowest BCUT2D eigenvalue weighted by molar-refractivity contribution is -0.124. The summed E-state index contributed by atoms with van der Waals surface area (Å²) >= 11 is 5.18. The largest absolute Gasteiger partial charge is 0.444 e. The highest BCUT2D eigenvalue weighted by Gasteiger charge is 2.31. The van der Waals surface area contributed by atoms with Crippen LogP contribution in [-0.4, -0.2) is 175 Å². The molecule has 334 valence electrons. The molecule has 0 spiro atoms. The summed E-state index contributed by atoms with van der Waals surface area (Å²) in [5.41, 5.74) is -0.875. The van der Waals surface area contributed by atoms with Crippen LogP contribution in [0, 0.1) is 0 Å². The van der Waals surface area contributed by atoms with Crippen LogP contribution >= 0.6 is 11.6 Å². The number of nitrogens with zero attached hydrogens (tertiary/aromatic N) is 4. The standard InChI is InChI=1S/C15H29N3O3.C10H21N3O.C10H20N2O2.C5H10ClNO/c1-11(2)16-13(19)10-17-7-8-18(9-12(17)3)14(20)21-15(4,5)6;1-8(2)12-10(14)7-13-5-4-11-6-9(13)3;1-8-7-12(6-5-11-8)9(13)14-10(2,3)4;1-4(2)7-5(8)3-6/h11-12H,7-10H2,1-6H3,(H,16,19);8-9,11H,4-7H2,1-3H3,(H,12,14);8,11H,5-7H2,1-4H3;4H,3H2,1-2H3,(H,7,8)/t12-;9-;8-;/m111./s1. The molecule has 3 rings (SSSR count). The van der Waals surface area contributed by atoms with Gasteiger partial charge < -0.3 is 45.9 Å². The van der Waals surface area contributed by atoms with E-state index in [-0.39, 0.29) is 60.0 Å². The van der Waals surface area contributed by atoms with Crippen LogP contribution < -0.4 is 26.6 Å². The lowest BCUT2D eigenvalue weighted by atomic mass is 10.2. The van der Waals surface area contributed by atoms with Crippen molar-refractivity contribution < 1.29 is 33.4 Å². The second-order valence-electron chi connectivity index (χ2n) is 17.9. The van der Waals surface area contributed by atoms with Gasteiger partial charge in [0.1, 0.15) is 17.1 Å². The van der Waals surface area contributed by atoms with Gasteiger partial charge in [-0.3, -0.25) is 24.2 Å². The number of hydrogen-bond donors (Lipinski definition) is 5. The first-order chi connectivity index (χ1) is 26.2. The zero-order valence-corrected chi connectivity index (χ0v) is 38.7. The van der Waals surface area contributed by atoms with Crippen molar-refractivity contribution in [3.8, 4) is 0 Å². The lowest BCUT2D eigenvalue weighted by Gasteiger charge is -2.39. The molecular weight excluding hydrogens is 754 g/mol. The van der Waals surface area contributed by atoms with Gasteiger partial charge in [-0.1, -0.05) is 0 Å². The number of alkyl halides is 1. The summed E-state index contributed by atoms with van der Waals surface area (Å²) < 4.78 is 10.7. The maximum absolute atomic E-state index is 12.0. The predicted molar refractivity (Wildman–Crippen MR) is 229 cm³/mol. The van der Waals surface area contributed by atoms with E-state index >= 15 is 0 Å².